The number of carbonyl (C=O) groups excluding carboxylic acids is 1. The molecule has 1 atom stereocenters. The van der Waals surface area contributed by atoms with Crippen molar-refractivity contribution in [3.8, 4) is 0 Å². The number of benzene rings is 1. The summed E-state index contributed by atoms with van der Waals surface area (Å²) in [7, 11) is 3.77. The fourth-order valence-electron chi connectivity index (χ4n) is 1.98. The maximum absolute atomic E-state index is 12.4. The summed E-state index contributed by atoms with van der Waals surface area (Å²) < 4.78 is 0. The summed E-state index contributed by atoms with van der Waals surface area (Å²) in [6, 6.07) is 5.09. The number of anilines is 2. The number of H-pyrrole nitrogens is 1. The summed E-state index contributed by atoms with van der Waals surface area (Å²) in [5, 5.41) is 2.91. The van der Waals surface area contributed by atoms with Gasteiger partial charge in [0.1, 0.15) is 5.82 Å². The van der Waals surface area contributed by atoms with Crippen LogP contribution in [0, 0.1) is 0 Å². The third-order valence-corrected chi connectivity index (χ3v) is 3.02. The van der Waals surface area contributed by atoms with Crippen LogP contribution in [0.3, 0.4) is 0 Å². The SMILES string of the molecule is CC(NC(=O)c1cc(N)ccc1N(C)C)c1ncc[nH]1. The molecule has 0 spiro atoms. The van der Waals surface area contributed by atoms with E-state index < -0.39 is 0 Å². The molecule has 2 aromatic rings. The molecule has 1 amide bonds. The molecule has 2 rings (SSSR count). The van der Waals surface area contributed by atoms with Gasteiger partial charge in [-0.15, -0.1) is 0 Å². The fourth-order valence-corrected chi connectivity index (χ4v) is 1.98. The lowest BCUT2D eigenvalue weighted by molar-refractivity contribution is 0.0939. The number of nitrogens with one attached hydrogen (secondary N) is 2. The van der Waals surface area contributed by atoms with E-state index in [2.05, 4.69) is 15.3 Å². The number of aromatic amines is 1. The van der Waals surface area contributed by atoms with Gasteiger partial charge >= 0.3 is 0 Å². The van der Waals surface area contributed by atoms with Crippen molar-refractivity contribution < 1.29 is 4.79 Å². The number of amides is 1. The third-order valence-electron chi connectivity index (χ3n) is 3.02. The number of aromatic nitrogens is 2. The van der Waals surface area contributed by atoms with Crippen LogP contribution in [-0.2, 0) is 0 Å². The molecule has 0 saturated carbocycles. The van der Waals surface area contributed by atoms with E-state index in [-0.39, 0.29) is 11.9 Å². The van der Waals surface area contributed by atoms with Crippen LogP contribution in [0.5, 0.6) is 0 Å². The van der Waals surface area contributed by atoms with Gasteiger partial charge in [-0.1, -0.05) is 0 Å². The quantitative estimate of drug-likeness (QED) is 0.738. The lowest BCUT2D eigenvalue weighted by atomic mass is 10.1. The van der Waals surface area contributed by atoms with Gasteiger partial charge < -0.3 is 20.9 Å². The van der Waals surface area contributed by atoms with Crippen molar-refractivity contribution in [2.75, 3.05) is 24.7 Å². The lowest BCUT2D eigenvalue weighted by Gasteiger charge is -2.19. The van der Waals surface area contributed by atoms with Crippen LogP contribution in [0.2, 0.25) is 0 Å². The smallest absolute Gasteiger partial charge is 0.254 e. The second-order valence-corrected chi connectivity index (χ2v) is 4.84. The first-order valence-corrected chi connectivity index (χ1v) is 6.36. The number of rotatable bonds is 4. The predicted molar refractivity (Wildman–Crippen MR) is 79.7 cm³/mol. The van der Waals surface area contributed by atoms with Crippen LogP contribution in [0.25, 0.3) is 0 Å². The Kier molecular flexibility index (Phi) is 3.93. The van der Waals surface area contributed by atoms with Gasteiger partial charge in [-0.2, -0.15) is 0 Å². The number of hydrogen-bond donors (Lipinski definition) is 3. The highest BCUT2D eigenvalue weighted by atomic mass is 16.1. The van der Waals surface area contributed by atoms with Crippen molar-refractivity contribution in [3.63, 3.8) is 0 Å². The normalized spacial score (nSPS) is 11.9. The van der Waals surface area contributed by atoms with Crippen molar-refractivity contribution >= 4 is 17.3 Å². The summed E-state index contributed by atoms with van der Waals surface area (Å²) in [6.07, 6.45) is 3.38. The zero-order valence-electron chi connectivity index (χ0n) is 11.8. The van der Waals surface area contributed by atoms with Gasteiger partial charge in [0.15, 0.2) is 0 Å². The fraction of sp³-hybridized carbons (Fsp3) is 0.286. The maximum Gasteiger partial charge on any atom is 0.254 e. The molecule has 1 aromatic carbocycles. The van der Waals surface area contributed by atoms with Crippen LogP contribution in [0.15, 0.2) is 30.6 Å². The molecule has 0 bridgehead atoms. The molecular formula is C14H19N5O. The van der Waals surface area contributed by atoms with E-state index >= 15 is 0 Å². The molecule has 106 valence electrons. The molecule has 4 N–H and O–H groups in total. The predicted octanol–water partition coefficient (Wildman–Crippen LogP) is 1.55. The van der Waals surface area contributed by atoms with E-state index in [1.54, 1.807) is 24.5 Å². The highest BCUT2D eigenvalue weighted by Gasteiger charge is 2.17. The molecule has 0 aliphatic carbocycles. The van der Waals surface area contributed by atoms with Gasteiger partial charge in [0.25, 0.3) is 5.91 Å². The van der Waals surface area contributed by atoms with Crippen molar-refractivity contribution in [2.24, 2.45) is 0 Å². The monoisotopic (exact) mass is 273 g/mol. The second-order valence-electron chi connectivity index (χ2n) is 4.84. The van der Waals surface area contributed by atoms with Crippen LogP contribution >= 0.6 is 0 Å². The van der Waals surface area contributed by atoms with E-state index in [9.17, 15) is 4.79 Å². The number of imidazole rings is 1. The summed E-state index contributed by atoms with van der Waals surface area (Å²) in [5.41, 5.74) is 7.71. The van der Waals surface area contributed by atoms with E-state index in [4.69, 9.17) is 5.73 Å². The summed E-state index contributed by atoms with van der Waals surface area (Å²) >= 11 is 0. The first-order chi connectivity index (χ1) is 9.49. The average Bonchev–Trinajstić information content (AvgIpc) is 2.92. The molecule has 0 aliphatic heterocycles. The molecule has 0 fully saturated rings. The molecule has 0 aliphatic rings. The molecule has 20 heavy (non-hydrogen) atoms. The number of hydrogen-bond acceptors (Lipinski definition) is 4. The largest absolute Gasteiger partial charge is 0.399 e. The van der Waals surface area contributed by atoms with E-state index in [0.29, 0.717) is 17.1 Å². The number of nitrogen functional groups attached to an aromatic ring is 1. The minimum atomic E-state index is -0.200. The van der Waals surface area contributed by atoms with Gasteiger partial charge in [-0.3, -0.25) is 4.79 Å². The average molecular weight is 273 g/mol. The van der Waals surface area contributed by atoms with Crippen LogP contribution < -0.4 is 16.0 Å². The topological polar surface area (TPSA) is 87.0 Å². The number of nitrogens with zero attached hydrogens (tertiary/aromatic N) is 2. The summed E-state index contributed by atoms with van der Waals surface area (Å²) in [6.45, 7) is 1.87. The van der Waals surface area contributed by atoms with Crippen molar-refractivity contribution in [2.45, 2.75) is 13.0 Å². The van der Waals surface area contributed by atoms with Crippen LogP contribution in [0.1, 0.15) is 29.1 Å². The first-order valence-electron chi connectivity index (χ1n) is 6.36. The highest BCUT2D eigenvalue weighted by molar-refractivity contribution is 6.00. The Morgan fingerprint density at radius 1 is 1.45 bits per heavy atom. The first kappa shape index (κ1) is 13.9. The Morgan fingerprint density at radius 2 is 2.20 bits per heavy atom. The van der Waals surface area contributed by atoms with Gasteiger partial charge in [0.05, 0.1) is 11.6 Å². The molecule has 6 nitrogen and oxygen atoms in total. The summed E-state index contributed by atoms with van der Waals surface area (Å²) in [4.78, 5) is 21.4. The minimum absolute atomic E-state index is 0.176. The van der Waals surface area contributed by atoms with Gasteiger partial charge in [0, 0.05) is 37.9 Å². The van der Waals surface area contributed by atoms with Crippen molar-refractivity contribution in [1.29, 1.82) is 0 Å². The van der Waals surface area contributed by atoms with Crippen LogP contribution in [0.4, 0.5) is 11.4 Å². The zero-order valence-corrected chi connectivity index (χ0v) is 11.8. The van der Waals surface area contributed by atoms with Crippen molar-refractivity contribution in [1.82, 2.24) is 15.3 Å². The highest BCUT2D eigenvalue weighted by Crippen LogP contribution is 2.22. The molecule has 1 unspecified atom stereocenters. The van der Waals surface area contributed by atoms with Gasteiger partial charge in [-0.25, -0.2) is 4.98 Å². The van der Waals surface area contributed by atoms with E-state index in [0.717, 1.165) is 5.69 Å². The number of nitrogens with two attached hydrogens (primary N) is 1. The summed E-state index contributed by atoms with van der Waals surface area (Å²) in [5.74, 6) is 0.540. The molecule has 0 radical (unpaired) electrons. The second kappa shape index (κ2) is 5.64. The maximum atomic E-state index is 12.4. The van der Waals surface area contributed by atoms with E-state index in [1.807, 2.05) is 32.0 Å². The Balaban J connectivity index is 2.22. The molecule has 0 saturated heterocycles. The molecule has 1 heterocycles. The third kappa shape index (κ3) is 2.90. The Hall–Kier alpha value is -2.50. The van der Waals surface area contributed by atoms with Gasteiger partial charge in [0.2, 0.25) is 0 Å². The van der Waals surface area contributed by atoms with Gasteiger partial charge in [-0.05, 0) is 25.1 Å². The molecular weight excluding hydrogens is 254 g/mol. The molecule has 6 heteroatoms. The lowest BCUT2D eigenvalue weighted by Crippen LogP contribution is -2.29. The Morgan fingerprint density at radius 3 is 2.80 bits per heavy atom. The minimum Gasteiger partial charge on any atom is -0.399 e. The molecule has 1 aromatic heterocycles. The van der Waals surface area contributed by atoms with Crippen LogP contribution in [-0.4, -0.2) is 30.0 Å². The van der Waals surface area contributed by atoms with E-state index in [1.165, 1.54) is 0 Å². The Labute approximate surface area is 118 Å². The Bertz CT molecular complexity index is 592. The zero-order chi connectivity index (χ0) is 14.7. The number of carbonyl (C=O) groups is 1. The van der Waals surface area contributed by atoms with Crippen molar-refractivity contribution in [3.05, 3.63) is 42.0 Å². The standard InChI is InChI=1S/C14H19N5O/c1-9(13-16-6-7-17-13)18-14(20)11-8-10(15)4-5-12(11)19(2)3/h4-9H,15H2,1-3H3,(H,16,17)(H,18,20).